The lowest BCUT2D eigenvalue weighted by Gasteiger charge is -2.36. The summed E-state index contributed by atoms with van der Waals surface area (Å²) in [5.74, 6) is 0.434. The lowest BCUT2D eigenvalue weighted by molar-refractivity contribution is -0.138. The summed E-state index contributed by atoms with van der Waals surface area (Å²) in [6, 6.07) is -0.368. The Kier molecular flexibility index (Phi) is 7.86. The van der Waals surface area contributed by atoms with E-state index in [1.807, 2.05) is 25.7 Å². The third-order valence-corrected chi connectivity index (χ3v) is 4.68. The second-order valence-corrected chi connectivity index (χ2v) is 9.43. The average Bonchev–Trinajstić information content (AvgIpc) is 2.51. The number of rotatable bonds is 7. The standard InChI is InChI=1S/C21H38N2O2/c1-8-14-23(19(25)16-12-10-9-11-13-16)15-17(22-21(5,6)7)18(24)20(2,3)4/h8,16-17,22H,1,9-15H2,2-7H3/t17-/m0/s1. The molecule has 0 aliphatic heterocycles. The Morgan fingerprint density at radius 3 is 2.12 bits per heavy atom. The van der Waals surface area contributed by atoms with Crippen LogP contribution in [0.5, 0.6) is 0 Å². The van der Waals surface area contributed by atoms with Gasteiger partial charge in [0.05, 0.1) is 6.04 Å². The number of hydrogen-bond acceptors (Lipinski definition) is 3. The van der Waals surface area contributed by atoms with E-state index in [-0.39, 0.29) is 29.2 Å². The molecule has 1 atom stereocenters. The molecule has 0 aromatic heterocycles. The van der Waals surface area contributed by atoms with E-state index < -0.39 is 5.41 Å². The van der Waals surface area contributed by atoms with Crippen molar-refractivity contribution in [1.82, 2.24) is 10.2 Å². The molecule has 1 aliphatic carbocycles. The lowest BCUT2D eigenvalue weighted by Crippen LogP contribution is -2.57. The zero-order valence-corrected chi connectivity index (χ0v) is 17.2. The molecule has 0 aromatic carbocycles. The second-order valence-electron chi connectivity index (χ2n) is 9.43. The zero-order chi connectivity index (χ0) is 19.3. The lowest BCUT2D eigenvalue weighted by atomic mass is 9.84. The number of carbonyl (C=O) groups is 2. The minimum atomic E-state index is -0.448. The van der Waals surface area contributed by atoms with Crippen LogP contribution in [-0.2, 0) is 9.59 Å². The van der Waals surface area contributed by atoms with Crippen LogP contribution in [0.3, 0.4) is 0 Å². The molecule has 4 heteroatoms. The van der Waals surface area contributed by atoms with Crippen molar-refractivity contribution in [3.63, 3.8) is 0 Å². The first-order valence-corrected chi connectivity index (χ1v) is 9.67. The quantitative estimate of drug-likeness (QED) is 0.707. The van der Waals surface area contributed by atoms with Gasteiger partial charge in [-0.15, -0.1) is 6.58 Å². The van der Waals surface area contributed by atoms with Gasteiger partial charge in [-0.3, -0.25) is 9.59 Å². The number of amides is 1. The van der Waals surface area contributed by atoms with Crippen molar-refractivity contribution in [1.29, 1.82) is 0 Å². The summed E-state index contributed by atoms with van der Waals surface area (Å²) in [5, 5.41) is 3.43. The number of ketones is 1. The molecule has 1 rings (SSSR count). The maximum Gasteiger partial charge on any atom is 0.226 e. The van der Waals surface area contributed by atoms with Gasteiger partial charge in [0.2, 0.25) is 5.91 Å². The molecule has 1 aliphatic rings. The summed E-state index contributed by atoms with van der Waals surface area (Å²) in [5.41, 5.74) is -0.643. The van der Waals surface area contributed by atoms with Crippen molar-refractivity contribution < 1.29 is 9.59 Å². The van der Waals surface area contributed by atoms with Crippen LogP contribution in [0.25, 0.3) is 0 Å². The fraction of sp³-hybridized carbons (Fsp3) is 0.810. The van der Waals surface area contributed by atoms with Gasteiger partial charge in [-0.25, -0.2) is 0 Å². The predicted molar refractivity (Wildman–Crippen MR) is 104 cm³/mol. The van der Waals surface area contributed by atoms with Gasteiger partial charge < -0.3 is 10.2 Å². The number of nitrogens with zero attached hydrogens (tertiary/aromatic N) is 1. The van der Waals surface area contributed by atoms with Gasteiger partial charge >= 0.3 is 0 Å². The molecule has 144 valence electrons. The van der Waals surface area contributed by atoms with Crippen LogP contribution in [0, 0.1) is 11.3 Å². The van der Waals surface area contributed by atoms with E-state index in [1.54, 1.807) is 6.08 Å². The Hall–Kier alpha value is -1.16. The van der Waals surface area contributed by atoms with Crippen molar-refractivity contribution in [2.45, 2.75) is 85.2 Å². The third-order valence-electron chi connectivity index (χ3n) is 4.68. The topological polar surface area (TPSA) is 49.4 Å². The van der Waals surface area contributed by atoms with Crippen LogP contribution in [0.15, 0.2) is 12.7 Å². The van der Waals surface area contributed by atoms with E-state index in [1.165, 1.54) is 6.42 Å². The van der Waals surface area contributed by atoms with Gasteiger partial charge in [-0.05, 0) is 33.6 Å². The van der Waals surface area contributed by atoms with Crippen LogP contribution in [0.2, 0.25) is 0 Å². The molecule has 0 unspecified atom stereocenters. The number of carbonyl (C=O) groups excluding carboxylic acids is 2. The van der Waals surface area contributed by atoms with Crippen LogP contribution in [0.4, 0.5) is 0 Å². The zero-order valence-electron chi connectivity index (χ0n) is 17.2. The third kappa shape index (κ3) is 7.31. The molecule has 1 amide bonds. The average molecular weight is 351 g/mol. The Morgan fingerprint density at radius 1 is 1.12 bits per heavy atom. The van der Waals surface area contributed by atoms with Crippen LogP contribution < -0.4 is 5.32 Å². The molecule has 0 saturated heterocycles. The fourth-order valence-corrected chi connectivity index (χ4v) is 3.48. The second kappa shape index (κ2) is 8.98. The molecule has 0 bridgehead atoms. The van der Waals surface area contributed by atoms with Crippen molar-refractivity contribution in [3.8, 4) is 0 Å². The van der Waals surface area contributed by atoms with E-state index in [2.05, 4.69) is 32.7 Å². The van der Waals surface area contributed by atoms with Crippen LogP contribution in [0.1, 0.15) is 73.6 Å². The number of Topliss-reactive ketones (excluding diaryl/α,β-unsaturated/α-hetero) is 1. The molecule has 0 radical (unpaired) electrons. The first-order chi connectivity index (χ1) is 11.5. The SMILES string of the molecule is C=CCN(C[C@H](NC(C)(C)C)C(=O)C(C)(C)C)C(=O)C1CCCCC1. The van der Waals surface area contributed by atoms with Gasteiger partial charge in [0.15, 0.2) is 5.78 Å². The van der Waals surface area contributed by atoms with Gasteiger partial charge in [-0.2, -0.15) is 0 Å². The Bertz CT molecular complexity index is 465. The van der Waals surface area contributed by atoms with Gasteiger partial charge in [0.1, 0.15) is 0 Å². The van der Waals surface area contributed by atoms with E-state index in [4.69, 9.17) is 0 Å². The minimum Gasteiger partial charge on any atom is -0.337 e. The molecule has 1 N–H and O–H groups in total. The van der Waals surface area contributed by atoms with Gasteiger partial charge in [-0.1, -0.05) is 46.1 Å². The van der Waals surface area contributed by atoms with Crippen molar-refractivity contribution in [2.24, 2.45) is 11.3 Å². The monoisotopic (exact) mass is 350 g/mol. The molecular formula is C21H38N2O2. The van der Waals surface area contributed by atoms with Crippen LogP contribution >= 0.6 is 0 Å². The predicted octanol–water partition coefficient (Wildman–Crippen LogP) is 3.95. The molecule has 4 nitrogen and oxygen atoms in total. The van der Waals surface area contributed by atoms with E-state index in [0.29, 0.717) is 13.1 Å². The highest BCUT2D eigenvalue weighted by Gasteiger charge is 2.35. The Labute approximate surface area is 154 Å². The number of nitrogens with one attached hydrogen (secondary N) is 1. The first-order valence-electron chi connectivity index (χ1n) is 9.67. The molecular weight excluding hydrogens is 312 g/mol. The van der Waals surface area contributed by atoms with E-state index in [9.17, 15) is 9.59 Å². The smallest absolute Gasteiger partial charge is 0.226 e. The van der Waals surface area contributed by atoms with Crippen molar-refractivity contribution in [3.05, 3.63) is 12.7 Å². The van der Waals surface area contributed by atoms with E-state index >= 15 is 0 Å². The highest BCUT2D eigenvalue weighted by Crippen LogP contribution is 2.26. The highest BCUT2D eigenvalue weighted by atomic mass is 16.2. The Balaban J connectivity index is 2.95. The Morgan fingerprint density at radius 2 is 1.68 bits per heavy atom. The van der Waals surface area contributed by atoms with Gasteiger partial charge in [0.25, 0.3) is 0 Å². The number of hydrogen-bond donors (Lipinski definition) is 1. The molecule has 0 heterocycles. The highest BCUT2D eigenvalue weighted by molar-refractivity contribution is 5.90. The van der Waals surface area contributed by atoms with Crippen molar-refractivity contribution >= 4 is 11.7 Å². The summed E-state index contributed by atoms with van der Waals surface area (Å²) in [6.45, 7) is 16.7. The summed E-state index contributed by atoms with van der Waals surface area (Å²) in [7, 11) is 0. The maximum atomic E-state index is 13.0. The maximum absolute atomic E-state index is 13.0. The fourth-order valence-electron chi connectivity index (χ4n) is 3.48. The molecule has 1 saturated carbocycles. The summed E-state index contributed by atoms with van der Waals surface area (Å²) < 4.78 is 0. The summed E-state index contributed by atoms with van der Waals surface area (Å²) in [6.07, 6.45) is 7.18. The molecule has 0 spiro atoms. The largest absolute Gasteiger partial charge is 0.337 e. The molecule has 1 fully saturated rings. The van der Waals surface area contributed by atoms with Gasteiger partial charge in [0, 0.05) is 30.0 Å². The summed E-state index contributed by atoms with van der Waals surface area (Å²) in [4.78, 5) is 27.8. The van der Waals surface area contributed by atoms with E-state index in [0.717, 1.165) is 25.7 Å². The van der Waals surface area contributed by atoms with Crippen LogP contribution in [-0.4, -0.2) is 41.3 Å². The minimum absolute atomic E-state index is 0.105. The summed E-state index contributed by atoms with van der Waals surface area (Å²) >= 11 is 0. The van der Waals surface area contributed by atoms with Crippen molar-refractivity contribution in [2.75, 3.05) is 13.1 Å². The molecule has 25 heavy (non-hydrogen) atoms. The normalized spacial score (nSPS) is 17.8. The first kappa shape index (κ1) is 21.9. The molecule has 0 aromatic rings.